The molecule has 6 heteroatoms. The quantitative estimate of drug-likeness (QED) is 0.783. The van der Waals surface area contributed by atoms with Crippen LogP contribution < -0.4 is 10.1 Å². The van der Waals surface area contributed by atoms with Gasteiger partial charge in [0.15, 0.2) is 16.4 Å². The topological polar surface area (TPSA) is 72.5 Å². The van der Waals surface area contributed by atoms with E-state index in [0.717, 1.165) is 11.8 Å². The number of hydrogen-bond donors (Lipinski definition) is 1. The molecule has 126 valence electrons. The number of amides is 1. The summed E-state index contributed by atoms with van der Waals surface area (Å²) in [6.45, 7) is 3.52. The van der Waals surface area contributed by atoms with Gasteiger partial charge in [-0.25, -0.2) is 8.42 Å². The van der Waals surface area contributed by atoms with E-state index in [4.69, 9.17) is 4.74 Å². The van der Waals surface area contributed by atoms with Gasteiger partial charge in [0.1, 0.15) is 5.75 Å². The molecule has 2 rings (SSSR count). The first-order chi connectivity index (χ1) is 11.4. The van der Waals surface area contributed by atoms with Crippen LogP contribution in [0.1, 0.15) is 5.56 Å². The van der Waals surface area contributed by atoms with Crippen molar-refractivity contribution in [2.45, 2.75) is 11.3 Å². The maximum atomic E-state index is 12.0. The van der Waals surface area contributed by atoms with Crippen molar-refractivity contribution in [2.24, 2.45) is 0 Å². The van der Waals surface area contributed by atoms with E-state index in [1.807, 2.05) is 18.2 Å². The first-order valence-corrected chi connectivity index (χ1v) is 9.21. The molecule has 0 aromatic heterocycles. The van der Waals surface area contributed by atoms with Gasteiger partial charge in [-0.2, -0.15) is 0 Å². The highest BCUT2D eigenvalue weighted by atomic mass is 32.2. The Kier molecular flexibility index (Phi) is 5.76. The van der Waals surface area contributed by atoms with Crippen molar-refractivity contribution in [2.75, 3.05) is 18.2 Å². The van der Waals surface area contributed by atoms with Crippen molar-refractivity contribution in [1.29, 1.82) is 0 Å². The van der Waals surface area contributed by atoms with Crippen molar-refractivity contribution < 1.29 is 17.9 Å². The summed E-state index contributed by atoms with van der Waals surface area (Å²) >= 11 is 0. The highest BCUT2D eigenvalue weighted by Gasteiger charge is 2.10. The molecule has 0 saturated carbocycles. The Morgan fingerprint density at radius 1 is 1.21 bits per heavy atom. The monoisotopic (exact) mass is 345 g/mol. The minimum Gasteiger partial charge on any atom is -0.483 e. The van der Waals surface area contributed by atoms with Gasteiger partial charge >= 0.3 is 0 Å². The van der Waals surface area contributed by atoms with Gasteiger partial charge in [-0.1, -0.05) is 30.3 Å². The lowest BCUT2D eigenvalue weighted by atomic mass is 10.1. The Labute approximate surface area is 141 Å². The zero-order chi connectivity index (χ0) is 17.6. The van der Waals surface area contributed by atoms with E-state index in [-0.39, 0.29) is 17.4 Å². The Morgan fingerprint density at radius 3 is 2.67 bits per heavy atom. The minimum atomic E-state index is -3.32. The molecule has 0 atom stereocenters. The molecule has 2 aromatic carbocycles. The minimum absolute atomic E-state index is 0.151. The number of para-hydroxylation sites is 1. The summed E-state index contributed by atoms with van der Waals surface area (Å²) in [5, 5.41) is 2.63. The fourth-order valence-corrected chi connectivity index (χ4v) is 2.78. The molecule has 2 aromatic rings. The highest BCUT2D eigenvalue weighted by molar-refractivity contribution is 7.90. The molecule has 0 unspecified atom stereocenters. The van der Waals surface area contributed by atoms with Crippen LogP contribution >= 0.6 is 0 Å². The normalized spacial score (nSPS) is 10.9. The Bertz CT molecular complexity index is 844. The molecule has 1 amide bonds. The third kappa shape index (κ3) is 4.96. The molecule has 24 heavy (non-hydrogen) atoms. The van der Waals surface area contributed by atoms with Crippen LogP contribution in [0, 0.1) is 0 Å². The van der Waals surface area contributed by atoms with Crippen LogP contribution in [0.25, 0.3) is 0 Å². The predicted octanol–water partition coefficient (Wildman–Crippen LogP) is 2.84. The van der Waals surface area contributed by atoms with Crippen molar-refractivity contribution in [3.8, 4) is 5.75 Å². The van der Waals surface area contributed by atoms with Crippen LogP contribution in [-0.2, 0) is 21.1 Å². The van der Waals surface area contributed by atoms with E-state index in [1.54, 1.807) is 24.3 Å². The van der Waals surface area contributed by atoms with Crippen molar-refractivity contribution in [1.82, 2.24) is 0 Å². The van der Waals surface area contributed by atoms with E-state index >= 15 is 0 Å². The highest BCUT2D eigenvalue weighted by Crippen LogP contribution is 2.19. The molecular weight excluding hydrogens is 326 g/mol. The van der Waals surface area contributed by atoms with Crippen LogP contribution in [0.2, 0.25) is 0 Å². The molecule has 0 spiro atoms. The molecule has 5 nitrogen and oxygen atoms in total. The number of nitrogens with one attached hydrogen (secondary N) is 1. The first kappa shape index (κ1) is 17.7. The number of sulfone groups is 1. The van der Waals surface area contributed by atoms with Crippen LogP contribution in [-0.4, -0.2) is 27.2 Å². The molecule has 0 aliphatic carbocycles. The molecule has 0 bridgehead atoms. The number of carbonyl (C=O) groups excluding carboxylic acids is 1. The van der Waals surface area contributed by atoms with Crippen molar-refractivity contribution in [3.63, 3.8) is 0 Å². The van der Waals surface area contributed by atoms with Crippen LogP contribution in [0.4, 0.5) is 5.69 Å². The second-order valence-electron chi connectivity index (χ2n) is 5.24. The number of allylic oxidation sites excluding steroid dienone is 1. The molecular formula is C18H19NO4S. The standard InChI is InChI=1S/C18H19NO4S/c1-3-7-14-8-4-5-11-17(14)23-13-18(20)19-15-9-6-10-16(12-15)24(2,21)22/h3-6,8-12H,1,7,13H2,2H3,(H,19,20). The number of benzene rings is 2. The second-order valence-corrected chi connectivity index (χ2v) is 7.25. The fraction of sp³-hybridized carbons (Fsp3) is 0.167. The average molecular weight is 345 g/mol. The molecule has 0 radical (unpaired) electrons. The zero-order valence-corrected chi connectivity index (χ0v) is 14.2. The Balaban J connectivity index is 2.01. The third-order valence-corrected chi connectivity index (χ3v) is 4.35. The lowest BCUT2D eigenvalue weighted by Crippen LogP contribution is -2.20. The molecule has 0 fully saturated rings. The number of rotatable bonds is 7. The van der Waals surface area contributed by atoms with Gasteiger partial charge in [0, 0.05) is 11.9 Å². The van der Waals surface area contributed by atoms with E-state index in [0.29, 0.717) is 17.9 Å². The lowest BCUT2D eigenvalue weighted by Gasteiger charge is -2.11. The predicted molar refractivity (Wildman–Crippen MR) is 94.0 cm³/mol. The van der Waals surface area contributed by atoms with E-state index in [9.17, 15) is 13.2 Å². The van der Waals surface area contributed by atoms with E-state index < -0.39 is 9.84 Å². The van der Waals surface area contributed by atoms with Crippen molar-refractivity contribution >= 4 is 21.4 Å². The van der Waals surface area contributed by atoms with E-state index in [2.05, 4.69) is 11.9 Å². The summed E-state index contributed by atoms with van der Waals surface area (Å²) in [5.41, 5.74) is 1.35. The molecule has 0 heterocycles. The molecule has 0 aliphatic heterocycles. The van der Waals surface area contributed by atoms with Gasteiger partial charge in [-0.05, 0) is 36.2 Å². The average Bonchev–Trinajstić information content (AvgIpc) is 2.54. The van der Waals surface area contributed by atoms with Crippen LogP contribution in [0.15, 0.2) is 66.1 Å². The lowest BCUT2D eigenvalue weighted by molar-refractivity contribution is -0.118. The summed E-state index contributed by atoms with van der Waals surface area (Å²) in [4.78, 5) is 12.2. The first-order valence-electron chi connectivity index (χ1n) is 7.31. The van der Waals surface area contributed by atoms with Gasteiger partial charge < -0.3 is 10.1 Å². The van der Waals surface area contributed by atoms with Crippen LogP contribution in [0.3, 0.4) is 0 Å². The Hall–Kier alpha value is -2.60. The van der Waals surface area contributed by atoms with Gasteiger partial charge in [-0.15, -0.1) is 6.58 Å². The van der Waals surface area contributed by atoms with Gasteiger partial charge in [0.05, 0.1) is 4.90 Å². The summed E-state index contributed by atoms with van der Waals surface area (Å²) in [7, 11) is -3.32. The zero-order valence-electron chi connectivity index (χ0n) is 13.4. The van der Waals surface area contributed by atoms with Crippen molar-refractivity contribution in [3.05, 3.63) is 66.7 Å². The SMILES string of the molecule is C=CCc1ccccc1OCC(=O)Nc1cccc(S(C)(=O)=O)c1. The summed E-state index contributed by atoms with van der Waals surface area (Å²) in [6.07, 6.45) is 3.53. The fourth-order valence-electron chi connectivity index (χ4n) is 2.11. The number of carbonyl (C=O) groups is 1. The maximum Gasteiger partial charge on any atom is 0.262 e. The number of hydrogen-bond acceptors (Lipinski definition) is 4. The number of anilines is 1. The number of ether oxygens (including phenoxy) is 1. The summed E-state index contributed by atoms with van der Waals surface area (Å²) < 4.78 is 28.6. The molecule has 0 saturated heterocycles. The van der Waals surface area contributed by atoms with Gasteiger partial charge in [0.25, 0.3) is 5.91 Å². The largest absolute Gasteiger partial charge is 0.483 e. The second kappa shape index (κ2) is 7.79. The molecule has 1 N–H and O–H groups in total. The molecule has 0 aliphatic rings. The summed E-state index contributed by atoms with van der Waals surface area (Å²) in [5.74, 6) is 0.256. The van der Waals surface area contributed by atoms with Gasteiger partial charge in [-0.3, -0.25) is 4.79 Å². The third-order valence-electron chi connectivity index (χ3n) is 3.24. The Morgan fingerprint density at radius 2 is 1.96 bits per heavy atom. The maximum absolute atomic E-state index is 12.0. The van der Waals surface area contributed by atoms with Gasteiger partial charge in [0.2, 0.25) is 0 Å². The smallest absolute Gasteiger partial charge is 0.262 e. The summed E-state index contributed by atoms with van der Waals surface area (Å²) in [6, 6.07) is 13.5. The van der Waals surface area contributed by atoms with E-state index in [1.165, 1.54) is 12.1 Å². The van der Waals surface area contributed by atoms with Crippen LogP contribution in [0.5, 0.6) is 5.75 Å².